The number of nitrogens with zero attached hydrogens (tertiary/aromatic N) is 1. The van der Waals surface area contributed by atoms with Gasteiger partial charge in [0.2, 0.25) is 5.91 Å². The highest BCUT2D eigenvalue weighted by molar-refractivity contribution is 5.99. The van der Waals surface area contributed by atoms with Gasteiger partial charge in [-0.1, -0.05) is 30.3 Å². The highest BCUT2D eigenvalue weighted by atomic mass is 19.1. The van der Waals surface area contributed by atoms with Gasteiger partial charge in [-0.3, -0.25) is 14.6 Å². The van der Waals surface area contributed by atoms with Crippen molar-refractivity contribution in [3.63, 3.8) is 0 Å². The van der Waals surface area contributed by atoms with Crippen LogP contribution in [0.5, 0.6) is 0 Å². The molecule has 0 fully saturated rings. The summed E-state index contributed by atoms with van der Waals surface area (Å²) in [5.74, 6) is -1.32. The summed E-state index contributed by atoms with van der Waals surface area (Å²) in [6, 6.07) is 18.5. The molecule has 1 amide bonds. The summed E-state index contributed by atoms with van der Waals surface area (Å²) in [4.78, 5) is 29.0. The van der Waals surface area contributed by atoms with Gasteiger partial charge in [0.1, 0.15) is 5.82 Å². The third kappa shape index (κ3) is 5.07. The number of ketones is 1. The minimum atomic E-state index is -0.422. The molecule has 0 aliphatic rings. The number of Topliss-reactive ketones (excluding diaryl/α,β-unsaturated/α-hetero) is 1. The van der Waals surface area contributed by atoms with Crippen LogP contribution in [0.4, 0.5) is 4.39 Å². The number of benzene rings is 2. The quantitative estimate of drug-likeness (QED) is 0.654. The molecule has 0 aliphatic heterocycles. The summed E-state index contributed by atoms with van der Waals surface area (Å²) in [6.45, 7) is -0.135. The Bertz CT molecular complexity index is 897. The minimum absolute atomic E-state index is 0.135. The van der Waals surface area contributed by atoms with E-state index in [2.05, 4.69) is 10.3 Å². The Labute approximate surface area is 157 Å². The maximum atomic E-state index is 13.0. The van der Waals surface area contributed by atoms with Gasteiger partial charge in [0.15, 0.2) is 5.78 Å². The summed E-state index contributed by atoms with van der Waals surface area (Å²) >= 11 is 0. The number of halogens is 1. The molecule has 0 spiro atoms. The van der Waals surface area contributed by atoms with Gasteiger partial charge in [0.05, 0.1) is 12.5 Å². The molecule has 3 aromatic rings. The van der Waals surface area contributed by atoms with Crippen LogP contribution in [0, 0.1) is 5.82 Å². The molecule has 0 radical (unpaired) electrons. The van der Waals surface area contributed by atoms with E-state index in [4.69, 9.17) is 0 Å². The number of amides is 1. The van der Waals surface area contributed by atoms with Gasteiger partial charge in [-0.15, -0.1) is 0 Å². The van der Waals surface area contributed by atoms with Crippen LogP contribution in [-0.4, -0.2) is 23.2 Å². The first-order valence-electron chi connectivity index (χ1n) is 8.64. The van der Waals surface area contributed by atoms with Crippen molar-refractivity contribution in [2.75, 3.05) is 6.54 Å². The molecule has 2 aromatic carbocycles. The maximum Gasteiger partial charge on any atom is 0.228 e. The van der Waals surface area contributed by atoms with Crippen LogP contribution in [0.3, 0.4) is 0 Å². The summed E-state index contributed by atoms with van der Waals surface area (Å²) in [6.07, 6.45) is 3.88. The van der Waals surface area contributed by atoms with E-state index in [-0.39, 0.29) is 18.2 Å². The lowest BCUT2D eigenvalue weighted by Gasteiger charge is -2.17. The molecule has 0 bridgehead atoms. The predicted octanol–water partition coefficient (Wildman–Crippen LogP) is 3.55. The van der Waals surface area contributed by atoms with Gasteiger partial charge >= 0.3 is 0 Å². The van der Waals surface area contributed by atoms with E-state index >= 15 is 0 Å². The summed E-state index contributed by atoms with van der Waals surface area (Å²) in [5, 5.41) is 2.72. The molecule has 1 unspecified atom stereocenters. The fourth-order valence-electron chi connectivity index (χ4n) is 2.83. The highest BCUT2D eigenvalue weighted by Gasteiger charge is 2.21. The molecule has 5 heteroatoms. The Balaban J connectivity index is 1.71. The second-order valence-corrected chi connectivity index (χ2v) is 6.17. The molecule has 0 saturated carbocycles. The Hall–Kier alpha value is -3.34. The molecule has 4 nitrogen and oxygen atoms in total. The van der Waals surface area contributed by atoms with E-state index in [1.54, 1.807) is 12.4 Å². The van der Waals surface area contributed by atoms with E-state index in [0.29, 0.717) is 12.0 Å². The zero-order chi connectivity index (χ0) is 19.1. The SMILES string of the molecule is O=C(CNC(=O)C(Cc1ccncc1)c1ccccc1)c1ccc(F)cc1. The van der Waals surface area contributed by atoms with Gasteiger partial charge in [-0.2, -0.15) is 0 Å². The summed E-state index contributed by atoms with van der Waals surface area (Å²) in [7, 11) is 0. The van der Waals surface area contributed by atoms with Crippen LogP contribution in [0.25, 0.3) is 0 Å². The summed E-state index contributed by atoms with van der Waals surface area (Å²) in [5.41, 5.74) is 2.22. The van der Waals surface area contributed by atoms with Crippen molar-refractivity contribution >= 4 is 11.7 Å². The van der Waals surface area contributed by atoms with Crippen LogP contribution >= 0.6 is 0 Å². The normalized spacial score (nSPS) is 11.6. The van der Waals surface area contributed by atoms with E-state index in [9.17, 15) is 14.0 Å². The number of aromatic nitrogens is 1. The number of rotatable bonds is 7. The fourth-order valence-corrected chi connectivity index (χ4v) is 2.83. The molecule has 3 rings (SSSR count). The maximum absolute atomic E-state index is 13.0. The van der Waals surface area contributed by atoms with Crippen molar-refractivity contribution in [1.29, 1.82) is 0 Å². The van der Waals surface area contributed by atoms with Crippen molar-refractivity contribution in [3.05, 3.63) is 102 Å². The van der Waals surface area contributed by atoms with Gasteiger partial charge in [-0.25, -0.2) is 4.39 Å². The molecular weight excluding hydrogens is 343 g/mol. The monoisotopic (exact) mass is 362 g/mol. The third-order valence-electron chi connectivity index (χ3n) is 4.30. The van der Waals surface area contributed by atoms with Crippen molar-refractivity contribution in [1.82, 2.24) is 10.3 Å². The van der Waals surface area contributed by atoms with Gasteiger partial charge in [-0.05, 0) is 53.9 Å². The fraction of sp³-hybridized carbons (Fsp3) is 0.136. The number of hydrogen-bond donors (Lipinski definition) is 1. The van der Waals surface area contributed by atoms with E-state index < -0.39 is 11.7 Å². The van der Waals surface area contributed by atoms with Crippen molar-refractivity contribution in [2.24, 2.45) is 0 Å². The lowest BCUT2D eigenvalue weighted by atomic mass is 9.91. The molecule has 1 heterocycles. The Kier molecular flexibility index (Phi) is 6.05. The van der Waals surface area contributed by atoms with Gasteiger partial charge in [0, 0.05) is 18.0 Å². The highest BCUT2D eigenvalue weighted by Crippen LogP contribution is 2.21. The van der Waals surface area contributed by atoms with Crippen molar-refractivity contribution in [3.8, 4) is 0 Å². The van der Waals surface area contributed by atoms with E-state index in [1.807, 2.05) is 42.5 Å². The van der Waals surface area contributed by atoms with Gasteiger partial charge < -0.3 is 5.32 Å². The topological polar surface area (TPSA) is 59.1 Å². The first kappa shape index (κ1) is 18.5. The largest absolute Gasteiger partial charge is 0.348 e. The first-order chi connectivity index (χ1) is 13.1. The average molecular weight is 362 g/mol. The van der Waals surface area contributed by atoms with E-state index in [1.165, 1.54) is 24.3 Å². The number of carbonyl (C=O) groups excluding carboxylic acids is 2. The number of nitrogens with one attached hydrogen (secondary N) is 1. The predicted molar refractivity (Wildman–Crippen MR) is 101 cm³/mol. The lowest BCUT2D eigenvalue weighted by molar-refractivity contribution is -0.122. The zero-order valence-corrected chi connectivity index (χ0v) is 14.6. The molecule has 136 valence electrons. The average Bonchev–Trinajstić information content (AvgIpc) is 2.72. The minimum Gasteiger partial charge on any atom is -0.348 e. The lowest BCUT2D eigenvalue weighted by Crippen LogP contribution is -2.34. The molecule has 0 saturated heterocycles. The summed E-state index contributed by atoms with van der Waals surface area (Å²) < 4.78 is 13.0. The van der Waals surface area contributed by atoms with Crippen LogP contribution < -0.4 is 5.32 Å². The van der Waals surface area contributed by atoms with Crippen LogP contribution in [0.1, 0.15) is 27.4 Å². The molecule has 27 heavy (non-hydrogen) atoms. The molecule has 0 aliphatic carbocycles. The molecular formula is C22H19FN2O2. The smallest absolute Gasteiger partial charge is 0.228 e. The zero-order valence-electron chi connectivity index (χ0n) is 14.6. The second-order valence-electron chi connectivity index (χ2n) is 6.17. The van der Waals surface area contributed by atoms with Crippen LogP contribution in [0.2, 0.25) is 0 Å². The van der Waals surface area contributed by atoms with E-state index in [0.717, 1.165) is 11.1 Å². The standard InChI is InChI=1S/C22H19FN2O2/c23-19-8-6-18(7-9-19)21(26)15-25-22(27)20(17-4-2-1-3-5-17)14-16-10-12-24-13-11-16/h1-13,20H,14-15H2,(H,25,27). The molecule has 1 aromatic heterocycles. The van der Waals surface area contributed by atoms with Gasteiger partial charge in [0.25, 0.3) is 0 Å². The number of pyridine rings is 1. The number of hydrogen-bond acceptors (Lipinski definition) is 3. The third-order valence-corrected chi connectivity index (χ3v) is 4.30. The number of carbonyl (C=O) groups is 2. The second kappa shape index (κ2) is 8.85. The molecule has 1 N–H and O–H groups in total. The van der Waals surface area contributed by atoms with Crippen molar-refractivity contribution < 1.29 is 14.0 Å². The molecule has 1 atom stereocenters. The van der Waals surface area contributed by atoms with Crippen molar-refractivity contribution in [2.45, 2.75) is 12.3 Å². The first-order valence-corrected chi connectivity index (χ1v) is 8.64. The Morgan fingerprint density at radius 3 is 2.26 bits per heavy atom. The van der Waals surface area contributed by atoms with Crippen LogP contribution in [-0.2, 0) is 11.2 Å². The Morgan fingerprint density at radius 1 is 0.926 bits per heavy atom. The van der Waals surface area contributed by atoms with Crippen LogP contribution in [0.15, 0.2) is 79.1 Å². The Morgan fingerprint density at radius 2 is 1.59 bits per heavy atom.